The van der Waals surface area contributed by atoms with Crippen LogP contribution in [0.1, 0.15) is 5.69 Å². The van der Waals surface area contributed by atoms with Gasteiger partial charge in [-0.15, -0.1) is 11.3 Å². The monoisotopic (exact) mass is 411 g/mol. The molecule has 1 aliphatic rings. The molecule has 2 heterocycles. The van der Waals surface area contributed by atoms with Crippen molar-refractivity contribution < 1.29 is 13.9 Å². The van der Waals surface area contributed by atoms with Crippen LogP contribution in [-0.2, 0) is 11.2 Å². The molecule has 1 amide bonds. The zero-order chi connectivity index (χ0) is 20.2. The van der Waals surface area contributed by atoms with Crippen molar-refractivity contribution in [2.75, 3.05) is 38.2 Å². The van der Waals surface area contributed by atoms with Gasteiger partial charge in [-0.3, -0.25) is 4.79 Å². The van der Waals surface area contributed by atoms with Gasteiger partial charge in [0.15, 0.2) is 0 Å². The van der Waals surface area contributed by atoms with Crippen molar-refractivity contribution in [3.8, 4) is 16.3 Å². The third-order valence-corrected chi connectivity index (χ3v) is 5.98. The van der Waals surface area contributed by atoms with Crippen LogP contribution in [0.5, 0.6) is 5.75 Å². The Labute approximate surface area is 173 Å². The Kier molecular flexibility index (Phi) is 5.76. The highest BCUT2D eigenvalue weighted by atomic mass is 32.1. The van der Waals surface area contributed by atoms with E-state index in [4.69, 9.17) is 4.74 Å². The minimum Gasteiger partial charge on any atom is -0.497 e. The number of methoxy groups -OCH3 is 1. The van der Waals surface area contributed by atoms with Crippen LogP contribution in [0.15, 0.2) is 53.9 Å². The molecule has 0 unspecified atom stereocenters. The number of ether oxygens (including phenoxy) is 1. The number of nitrogens with zero attached hydrogens (tertiary/aromatic N) is 3. The van der Waals surface area contributed by atoms with Gasteiger partial charge in [-0.1, -0.05) is 12.1 Å². The summed E-state index contributed by atoms with van der Waals surface area (Å²) in [4.78, 5) is 21.3. The first-order chi connectivity index (χ1) is 14.1. The first kappa shape index (κ1) is 19.4. The molecule has 2 aromatic carbocycles. The van der Waals surface area contributed by atoms with Crippen molar-refractivity contribution in [1.82, 2.24) is 9.88 Å². The minimum atomic E-state index is -0.297. The van der Waals surface area contributed by atoms with Crippen molar-refractivity contribution in [3.63, 3.8) is 0 Å². The molecule has 1 aliphatic heterocycles. The summed E-state index contributed by atoms with van der Waals surface area (Å²) >= 11 is 1.37. The third kappa shape index (κ3) is 4.40. The van der Waals surface area contributed by atoms with Gasteiger partial charge >= 0.3 is 0 Å². The maximum Gasteiger partial charge on any atom is 0.228 e. The summed E-state index contributed by atoms with van der Waals surface area (Å²) in [5, 5.41) is 2.45. The topological polar surface area (TPSA) is 45.7 Å². The van der Waals surface area contributed by atoms with E-state index in [0.29, 0.717) is 29.4 Å². The van der Waals surface area contributed by atoms with Crippen molar-refractivity contribution >= 4 is 22.9 Å². The number of benzene rings is 2. The van der Waals surface area contributed by atoms with Gasteiger partial charge in [0.2, 0.25) is 5.91 Å². The van der Waals surface area contributed by atoms with E-state index < -0.39 is 0 Å². The van der Waals surface area contributed by atoms with E-state index in [1.165, 1.54) is 17.4 Å². The van der Waals surface area contributed by atoms with Crippen molar-refractivity contribution in [2.45, 2.75) is 6.42 Å². The summed E-state index contributed by atoms with van der Waals surface area (Å²) < 4.78 is 19.1. The number of anilines is 1. The molecule has 5 nitrogen and oxygen atoms in total. The Hall–Kier alpha value is -2.93. The standard InChI is InChI=1S/C22H22FN3O2S/c1-28-18-8-6-17(7-9-18)25-10-12-26(13-11-25)21(27)14-16-15-29-22(24-16)19-4-2-3-5-20(19)23/h2-9,15H,10-14H2,1H3. The quantitative estimate of drug-likeness (QED) is 0.640. The average Bonchev–Trinajstić information content (AvgIpc) is 3.22. The van der Waals surface area contributed by atoms with Crippen LogP contribution in [0.25, 0.3) is 10.6 Å². The predicted octanol–water partition coefficient (Wildman–Crippen LogP) is 3.85. The highest BCUT2D eigenvalue weighted by Gasteiger charge is 2.22. The van der Waals surface area contributed by atoms with E-state index in [1.807, 2.05) is 34.5 Å². The van der Waals surface area contributed by atoms with Gasteiger partial charge < -0.3 is 14.5 Å². The SMILES string of the molecule is COc1ccc(N2CCN(C(=O)Cc3csc(-c4ccccc4F)n3)CC2)cc1. The summed E-state index contributed by atoms with van der Waals surface area (Å²) in [7, 11) is 1.65. The molecular weight excluding hydrogens is 389 g/mol. The predicted molar refractivity (Wildman–Crippen MR) is 113 cm³/mol. The average molecular weight is 412 g/mol. The first-order valence-corrected chi connectivity index (χ1v) is 10.4. The second-order valence-corrected chi connectivity index (χ2v) is 7.72. The number of hydrogen-bond acceptors (Lipinski definition) is 5. The molecule has 0 radical (unpaired) electrons. The smallest absolute Gasteiger partial charge is 0.228 e. The van der Waals surface area contributed by atoms with Gasteiger partial charge in [0.25, 0.3) is 0 Å². The van der Waals surface area contributed by atoms with Gasteiger partial charge in [0, 0.05) is 42.8 Å². The zero-order valence-electron chi connectivity index (χ0n) is 16.2. The number of thiazole rings is 1. The van der Waals surface area contributed by atoms with Crippen molar-refractivity contribution in [1.29, 1.82) is 0 Å². The molecule has 0 saturated carbocycles. The lowest BCUT2D eigenvalue weighted by molar-refractivity contribution is -0.130. The Bertz CT molecular complexity index is 982. The molecule has 1 aromatic heterocycles. The maximum absolute atomic E-state index is 13.9. The summed E-state index contributed by atoms with van der Waals surface area (Å²) in [6.45, 7) is 2.93. The highest BCUT2D eigenvalue weighted by Crippen LogP contribution is 2.26. The molecule has 0 atom stereocenters. The van der Waals surface area contributed by atoms with E-state index >= 15 is 0 Å². The lowest BCUT2D eigenvalue weighted by Gasteiger charge is -2.36. The molecule has 0 aliphatic carbocycles. The number of halogens is 1. The van der Waals surface area contributed by atoms with Gasteiger partial charge in [-0.05, 0) is 36.4 Å². The van der Waals surface area contributed by atoms with E-state index in [2.05, 4.69) is 9.88 Å². The molecule has 0 spiro atoms. The lowest BCUT2D eigenvalue weighted by atomic mass is 10.2. The number of amides is 1. The molecular formula is C22H22FN3O2S. The van der Waals surface area contributed by atoms with Crippen LogP contribution in [0.2, 0.25) is 0 Å². The van der Waals surface area contributed by atoms with Crippen LogP contribution in [0.4, 0.5) is 10.1 Å². The molecule has 150 valence electrons. The molecule has 0 N–H and O–H groups in total. The zero-order valence-corrected chi connectivity index (χ0v) is 17.0. The Morgan fingerprint density at radius 1 is 1.10 bits per heavy atom. The van der Waals surface area contributed by atoms with E-state index in [9.17, 15) is 9.18 Å². The molecule has 1 saturated heterocycles. The summed E-state index contributed by atoms with van der Waals surface area (Å²) in [5.74, 6) is 0.597. The summed E-state index contributed by atoms with van der Waals surface area (Å²) in [6, 6.07) is 14.5. The third-order valence-electron chi connectivity index (χ3n) is 5.06. The fourth-order valence-electron chi connectivity index (χ4n) is 3.42. The fourth-order valence-corrected chi connectivity index (χ4v) is 4.27. The second-order valence-electron chi connectivity index (χ2n) is 6.87. The molecule has 0 bridgehead atoms. The number of piperazine rings is 1. The van der Waals surface area contributed by atoms with Crippen LogP contribution in [0, 0.1) is 5.82 Å². The Balaban J connectivity index is 1.34. The molecule has 3 aromatic rings. The van der Waals surface area contributed by atoms with Gasteiger partial charge in [0.1, 0.15) is 16.6 Å². The Morgan fingerprint density at radius 3 is 2.52 bits per heavy atom. The van der Waals surface area contributed by atoms with Crippen molar-refractivity contribution in [3.05, 3.63) is 65.4 Å². The van der Waals surface area contributed by atoms with E-state index in [-0.39, 0.29) is 18.1 Å². The molecule has 7 heteroatoms. The van der Waals surface area contributed by atoms with Crippen LogP contribution in [0.3, 0.4) is 0 Å². The van der Waals surface area contributed by atoms with Crippen LogP contribution in [-0.4, -0.2) is 49.1 Å². The van der Waals surface area contributed by atoms with Crippen LogP contribution >= 0.6 is 11.3 Å². The largest absolute Gasteiger partial charge is 0.497 e. The van der Waals surface area contributed by atoms with Gasteiger partial charge in [-0.2, -0.15) is 0 Å². The van der Waals surface area contributed by atoms with E-state index in [0.717, 1.165) is 24.5 Å². The number of rotatable bonds is 5. The fraction of sp³-hybridized carbons (Fsp3) is 0.273. The Morgan fingerprint density at radius 2 is 1.83 bits per heavy atom. The molecule has 29 heavy (non-hydrogen) atoms. The molecule has 1 fully saturated rings. The number of hydrogen-bond donors (Lipinski definition) is 0. The second kappa shape index (κ2) is 8.61. The first-order valence-electron chi connectivity index (χ1n) is 9.50. The summed E-state index contributed by atoms with van der Waals surface area (Å²) in [6.07, 6.45) is 0.244. The normalized spacial score (nSPS) is 14.1. The van der Waals surface area contributed by atoms with Gasteiger partial charge in [0.05, 0.1) is 19.2 Å². The van der Waals surface area contributed by atoms with E-state index in [1.54, 1.807) is 25.3 Å². The van der Waals surface area contributed by atoms with Crippen LogP contribution < -0.4 is 9.64 Å². The number of carbonyl (C=O) groups is 1. The number of carbonyl (C=O) groups excluding carboxylic acids is 1. The highest BCUT2D eigenvalue weighted by molar-refractivity contribution is 7.13. The van der Waals surface area contributed by atoms with Crippen molar-refractivity contribution in [2.24, 2.45) is 0 Å². The minimum absolute atomic E-state index is 0.0600. The molecule has 4 rings (SSSR count). The number of aromatic nitrogens is 1. The van der Waals surface area contributed by atoms with Gasteiger partial charge in [-0.25, -0.2) is 9.37 Å². The maximum atomic E-state index is 13.9. The summed E-state index contributed by atoms with van der Waals surface area (Å²) in [5.41, 5.74) is 2.30. The lowest BCUT2D eigenvalue weighted by Crippen LogP contribution is -2.49.